The fourth-order valence-electron chi connectivity index (χ4n) is 1.15. The topological polar surface area (TPSA) is 15.3 Å². The van der Waals surface area contributed by atoms with Crippen LogP contribution in [0.25, 0.3) is 0 Å². The number of rotatable bonds is 2. The van der Waals surface area contributed by atoms with Crippen molar-refractivity contribution in [1.29, 1.82) is 0 Å². The fourth-order valence-corrected chi connectivity index (χ4v) is 1.15. The summed E-state index contributed by atoms with van der Waals surface area (Å²) >= 11 is 0. The molecular formula is C9H9F5N2. The van der Waals surface area contributed by atoms with Gasteiger partial charge in [0, 0.05) is 14.1 Å². The van der Waals surface area contributed by atoms with Crippen LogP contribution in [-0.2, 0) is 6.18 Å². The van der Waals surface area contributed by atoms with E-state index in [1.165, 1.54) is 19.1 Å². The molecule has 0 amide bonds. The second-order valence-corrected chi connectivity index (χ2v) is 3.06. The standard InChI is InChI=1S/C9H9F5N2/c1-15-16(2)5-3-6(10)8(7(11)4-5)9(12,13)14/h3-4,15H,1-2H3. The van der Waals surface area contributed by atoms with Crippen LogP contribution in [0.1, 0.15) is 5.56 Å². The molecule has 7 heteroatoms. The lowest BCUT2D eigenvalue weighted by Gasteiger charge is -2.19. The lowest BCUT2D eigenvalue weighted by molar-refractivity contribution is -0.142. The van der Waals surface area contributed by atoms with E-state index in [2.05, 4.69) is 5.43 Å². The molecule has 0 radical (unpaired) electrons. The van der Waals surface area contributed by atoms with Gasteiger partial charge in [-0.2, -0.15) is 13.2 Å². The van der Waals surface area contributed by atoms with E-state index in [1.54, 1.807) is 0 Å². The molecule has 0 unspecified atom stereocenters. The number of hydrogen-bond acceptors (Lipinski definition) is 2. The van der Waals surface area contributed by atoms with E-state index in [-0.39, 0.29) is 5.69 Å². The average molecular weight is 240 g/mol. The van der Waals surface area contributed by atoms with Crippen molar-refractivity contribution >= 4 is 5.69 Å². The predicted molar refractivity (Wildman–Crippen MR) is 48.8 cm³/mol. The molecule has 0 bridgehead atoms. The molecule has 0 saturated carbocycles. The first-order valence-electron chi connectivity index (χ1n) is 4.24. The molecule has 0 fully saturated rings. The van der Waals surface area contributed by atoms with Gasteiger partial charge in [-0.1, -0.05) is 0 Å². The normalized spacial score (nSPS) is 11.7. The first kappa shape index (κ1) is 12.7. The van der Waals surface area contributed by atoms with Crippen LogP contribution in [0.15, 0.2) is 12.1 Å². The van der Waals surface area contributed by atoms with Crippen LogP contribution in [0.3, 0.4) is 0 Å². The Labute approximate surface area is 88.6 Å². The monoisotopic (exact) mass is 240 g/mol. The summed E-state index contributed by atoms with van der Waals surface area (Å²) in [6.45, 7) is 0. The molecule has 0 atom stereocenters. The van der Waals surface area contributed by atoms with Gasteiger partial charge in [0.2, 0.25) is 0 Å². The number of alkyl halides is 3. The summed E-state index contributed by atoms with van der Waals surface area (Å²) in [5, 5.41) is 1.19. The SMILES string of the molecule is CNN(C)c1cc(F)c(C(F)(F)F)c(F)c1. The Kier molecular flexibility index (Phi) is 3.37. The molecule has 1 aromatic carbocycles. The van der Waals surface area contributed by atoms with E-state index in [4.69, 9.17) is 0 Å². The van der Waals surface area contributed by atoms with Gasteiger partial charge in [-0.05, 0) is 12.1 Å². The highest BCUT2D eigenvalue weighted by Crippen LogP contribution is 2.35. The minimum absolute atomic E-state index is 0.0366. The van der Waals surface area contributed by atoms with Gasteiger partial charge in [-0.25, -0.2) is 14.2 Å². The number of hydrazine groups is 1. The molecule has 1 N–H and O–H groups in total. The minimum Gasteiger partial charge on any atom is -0.312 e. The van der Waals surface area contributed by atoms with E-state index >= 15 is 0 Å². The average Bonchev–Trinajstić information content (AvgIpc) is 2.13. The second-order valence-electron chi connectivity index (χ2n) is 3.06. The highest BCUT2D eigenvalue weighted by molar-refractivity contribution is 5.47. The van der Waals surface area contributed by atoms with Gasteiger partial charge in [0.1, 0.15) is 17.2 Å². The van der Waals surface area contributed by atoms with Gasteiger partial charge < -0.3 is 5.01 Å². The third-order valence-corrected chi connectivity index (χ3v) is 2.03. The Morgan fingerprint density at radius 3 is 1.88 bits per heavy atom. The van der Waals surface area contributed by atoms with E-state index in [9.17, 15) is 22.0 Å². The van der Waals surface area contributed by atoms with Crippen LogP contribution >= 0.6 is 0 Å². The molecule has 1 aromatic rings. The number of halogens is 5. The lowest BCUT2D eigenvalue weighted by Crippen LogP contribution is -2.30. The van der Waals surface area contributed by atoms with Crippen molar-refractivity contribution < 1.29 is 22.0 Å². The van der Waals surface area contributed by atoms with Gasteiger partial charge in [0.25, 0.3) is 0 Å². The first-order chi connectivity index (χ1) is 7.27. The van der Waals surface area contributed by atoms with Gasteiger partial charge >= 0.3 is 6.18 Å². The van der Waals surface area contributed by atoms with Gasteiger partial charge in [0.05, 0.1) is 5.69 Å². The maximum atomic E-state index is 13.1. The number of nitrogens with one attached hydrogen (secondary N) is 1. The van der Waals surface area contributed by atoms with Crippen LogP contribution in [0, 0.1) is 11.6 Å². The number of benzene rings is 1. The van der Waals surface area contributed by atoms with E-state index < -0.39 is 23.4 Å². The summed E-state index contributed by atoms with van der Waals surface area (Å²) in [5.41, 5.74) is 0.602. The Bertz CT molecular complexity index is 365. The zero-order chi connectivity index (χ0) is 12.5. The third-order valence-electron chi connectivity index (χ3n) is 2.03. The lowest BCUT2D eigenvalue weighted by atomic mass is 10.1. The predicted octanol–water partition coefficient (Wildman–Crippen LogP) is 2.55. The van der Waals surface area contributed by atoms with E-state index in [0.29, 0.717) is 12.1 Å². The molecule has 1 rings (SSSR count). The smallest absolute Gasteiger partial charge is 0.312 e. The van der Waals surface area contributed by atoms with Crippen LogP contribution in [0.5, 0.6) is 0 Å². The molecular weight excluding hydrogens is 231 g/mol. The largest absolute Gasteiger partial charge is 0.422 e. The highest BCUT2D eigenvalue weighted by atomic mass is 19.4. The molecule has 0 heterocycles. The highest BCUT2D eigenvalue weighted by Gasteiger charge is 2.38. The van der Waals surface area contributed by atoms with E-state index in [0.717, 1.165) is 0 Å². The third kappa shape index (κ3) is 2.41. The zero-order valence-electron chi connectivity index (χ0n) is 8.49. The maximum absolute atomic E-state index is 13.1. The summed E-state index contributed by atoms with van der Waals surface area (Å²) in [6.07, 6.45) is -5.04. The minimum atomic E-state index is -5.04. The number of nitrogens with zero attached hydrogens (tertiary/aromatic N) is 1. The Hall–Kier alpha value is -1.37. The van der Waals surface area contributed by atoms with E-state index in [1.807, 2.05) is 0 Å². The van der Waals surface area contributed by atoms with Crippen LogP contribution < -0.4 is 10.4 Å². The van der Waals surface area contributed by atoms with Crippen molar-refractivity contribution in [3.63, 3.8) is 0 Å². The van der Waals surface area contributed by atoms with Crippen LogP contribution in [0.2, 0.25) is 0 Å². The Balaban J connectivity index is 3.28. The van der Waals surface area contributed by atoms with Crippen LogP contribution in [0.4, 0.5) is 27.6 Å². The van der Waals surface area contributed by atoms with Gasteiger partial charge in [-0.3, -0.25) is 0 Å². The van der Waals surface area contributed by atoms with Crippen molar-refractivity contribution in [3.8, 4) is 0 Å². The van der Waals surface area contributed by atoms with Crippen molar-refractivity contribution in [2.24, 2.45) is 0 Å². The van der Waals surface area contributed by atoms with Crippen molar-refractivity contribution in [2.75, 3.05) is 19.1 Å². The number of anilines is 1. The molecule has 0 aliphatic rings. The molecule has 0 aliphatic carbocycles. The quantitative estimate of drug-likeness (QED) is 0.631. The molecule has 16 heavy (non-hydrogen) atoms. The number of hydrogen-bond donors (Lipinski definition) is 1. The maximum Gasteiger partial charge on any atom is 0.422 e. The van der Waals surface area contributed by atoms with Crippen LogP contribution in [-0.4, -0.2) is 14.1 Å². The molecule has 0 saturated heterocycles. The van der Waals surface area contributed by atoms with Crippen molar-refractivity contribution in [2.45, 2.75) is 6.18 Å². The van der Waals surface area contributed by atoms with Crippen molar-refractivity contribution in [3.05, 3.63) is 29.3 Å². The van der Waals surface area contributed by atoms with Crippen molar-refractivity contribution in [1.82, 2.24) is 5.43 Å². The Morgan fingerprint density at radius 1 is 1.12 bits per heavy atom. The molecule has 0 aromatic heterocycles. The summed E-state index contributed by atoms with van der Waals surface area (Å²) < 4.78 is 62.8. The molecule has 90 valence electrons. The van der Waals surface area contributed by atoms with Gasteiger partial charge in [-0.15, -0.1) is 0 Å². The summed E-state index contributed by atoms with van der Waals surface area (Å²) in [4.78, 5) is 0. The molecule has 0 aliphatic heterocycles. The van der Waals surface area contributed by atoms with Gasteiger partial charge in [0.15, 0.2) is 0 Å². The first-order valence-corrected chi connectivity index (χ1v) is 4.24. The fraction of sp³-hybridized carbons (Fsp3) is 0.333. The summed E-state index contributed by atoms with van der Waals surface area (Å²) in [5.74, 6) is -3.27. The molecule has 2 nitrogen and oxygen atoms in total. The second kappa shape index (κ2) is 4.25. The molecule has 0 spiro atoms. The Morgan fingerprint density at radius 2 is 1.56 bits per heavy atom. The summed E-state index contributed by atoms with van der Waals surface area (Å²) in [7, 11) is 2.88. The zero-order valence-corrected chi connectivity index (χ0v) is 8.49. The summed E-state index contributed by atoms with van der Waals surface area (Å²) in [6, 6.07) is 1.23.